The number of rotatable bonds is 5. The van der Waals surface area contributed by atoms with E-state index in [-0.39, 0.29) is 11.7 Å². The molecule has 0 aliphatic rings. The lowest BCUT2D eigenvalue weighted by atomic mass is 10.2. The molecule has 0 N–H and O–H groups in total. The Balaban J connectivity index is 2.73. The zero-order chi connectivity index (χ0) is 11.3. The molecule has 0 radical (unpaired) electrons. The summed E-state index contributed by atoms with van der Waals surface area (Å²) in [5.74, 6) is 0. The van der Waals surface area contributed by atoms with E-state index in [1.165, 1.54) is 12.1 Å². The van der Waals surface area contributed by atoms with Crippen molar-refractivity contribution >= 4 is 10.1 Å². The van der Waals surface area contributed by atoms with Crippen LogP contribution in [0.25, 0.3) is 0 Å². The molecule has 0 aliphatic heterocycles. The van der Waals surface area contributed by atoms with Crippen LogP contribution in [0.4, 0.5) is 0 Å². The number of aryl methyl sites for hydroxylation is 1. The molecule has 0 fully saturated rings. The average Bonchev–Trinajstić information content (AvgIpc) is 2.18. The van der Waals surface area contributed by atoms with Gasteiger partial charge in [-0.3, -0.25) is 0 Å². The van der Waals surface area contributed by atoms with Crippen LogP contribution in [0.1, 0.15) is 12.5 Å². The van der Waals surface area contributed by atoms with E-state index in [0.29, 0.717) is 6.61 Å². The summed E-state index contributed by atoms with van der Waals surface area (Å²) in [4.78, 5) is 0.146. The normalized spacial score (nSPS) is 11.6. The van der Waals surface area contributed by atoms with E-state index in [1.54, 1.807) is 19.1 Å². The van der Waals surface area contributed by atoms with Gasteiger partial charge in [-0.2, -0.15) is 8.42 Å². The van der Waals surface area contributed by atoms with Crippen molar-refractivity contribution < 1.29 is 17.3 Å². The second kappa shape index (κ2) is 5.25. The van der Waals surface area contributed by atoms with E-state index in [2.05, 4.69) is 4.18 Å². The highest BCUT2D eigenvalue weighted by atomic mass is 32.2. The highest BCUT2D eigenvalue weighted by Gasteiger charge is 2.14. The van der Waals surface area contributed by atoms with E-state index in [9.17, 15) is 8.42 Å². The third kappa shape index (κ3) is 3.62. The van der Waals surface area contributed by atoms with Crippen molar-refractivity contribution in [3.8, 4) is 0 Å². The van der Waals surface area contributed by atoms with Crippen LogP contribution < -0.4 is 0 Å². The number of ether oxygens (including phenoxy) is 1. The summed E-state index contributed by atoms with van der Waals surface area (Å²) in [6, 6.07) is 6.46. The maximum absolute atomic E-state index is 11.5. The molecule has 0 amide bonds. The summed E-state index contributed by atoms with van der Waals surface area (Å²) in [6.45, 7) is 3.83. The minimum absolute atomic E-state index is 0.146. The fourth-order valence-electron chi connectivity index (χ4n) is 0.954. The maximum Gasteiger partial charge on any atom is 0.299 e. The summed E-state index contributed by atoms with van der Waals surface area (Å²) in [5, 5.41) is 0. The molecule has 84 valence electrons. The van der Waals surface area contributed by atoms with Gasteiger partial charge in [0.15, 0.2) is 6.79 Å². The van der Waals surface area contributed by atoms with Gasteiger partial charge in [0.1, 0.15) is 0 Å². The smallest absolute Gasteiger partial charge is 0.299 e. The Morgan fingerprint density at radius 3 is 2.33 bits per heavy atom. The van der Waals surface area contributed by atoms with Crippen molar-refractivity contribution in [1.82, 2.24) is 0 Å². The second-order valence-electron chi connectivity index (χ2n) is 3.00. The molecule has 0 saturated heterocycles. The van der Waals surface area contributed by atoms with Gasteiger partial charge in [0, 0.05) is 6.61 Å². The summed E-state index contributed by atoms with van der Waals surface area (Å²) < 4.78 is 32.5. The molecule has 0 saturated carbocycles. The Morgan fingerprint density at radius 1 is 1.20 bits per heavy atom. The molecule has 0 atom stereocenters. The van der Waals surface area contributed by atoms with Gasteiger partial charge in [-0.25, -0.2) is 4.18 Å². The standard InChI is InChI=1S/C10H14O4S/c1-3-13-8-14-15(11,12)10-6-4-9(2)5-7-10/h4-7H,3,8H2,1-2H3. The summed E-state index contributed by atoms with van der Waals surface area (Å²) in [7, 11) is -3.67. The quantitative estimate of drug-likeness (QED) is 0.439. The van der Waals surface area contributed by atoms with Crippen LogP contribution in [-0.4, -0.2) is 21.8 Å². The molecule has 0 unspecified atom stereocenters. The van der Waals surface area contributed by atoms with Crippen molar-refractivity contribution in [2.45, 2.75) is 18.7 Å². The van der Waals surface area contributed by atoms with Crippen molar-refractivity contribution in [3.63, 3.8) is 0 Å². The van der Waals surface area contributed by atoms with Gasteiger partial charge < -0.3 is 4.74 Å². The van der Waals surface area contributed by atoms with Crippen molar-refractivity contribution in [3.05, 3.63) is 29.8 Å². The largest absolute Gasteiger partial charge is 0.354 e. The van der Waals surface area contributed by atoms with Crippen LogP contribution in [0.2, 0.25) is 0 Å². The van der Waals surface area contributed by atoms with Gasteiger partial charge in [-0.05, 0) is 26.0 Å². The molecular weight excluding hydrogens is 216 g/mol. The van der Waals surface area contributed by atoms with Crippen LogP contribution in [0.15, 0.2) is 29.2 Å². The van der Waals surface area contributed by atoms with E-state index in [1.807, 2.05) is 6.92 Å². The lowest BCUT2D eigenvalue weighted by molar-refractivity contribution is 0.0267. The van der Waals surface area contributed by atoms with Crippen molar-refractivity contribution in [1.29, 1.82) is 0 Å². The third-order valence-electron chi connectivity index (χ3n) is 1.80. The predicted molar refractivity (Wildman–Crippen MR) is 55.9 cm³/mol. The summed E-state index contributed by atoms with van der Waals surface area (Å²) in [6.07, 6.45) is 0. The molecule has 0 bridgehead atoms. The SMILES string of the molecule is CCOCOS(=O)(=O)c1ccc(C)cc1. The van der Waals surface area contributed by atoms with E-state index < -0.39 is 10.1 Å². The molecule has 0 spiro atoms. The molecule has 1 rings (SSSR count). The Morgan fingerprint density at radius 2 is 1.80 bits per heavy atom. The summed E-state index contributed by atoms with van der Waals surface area (Å²) in [5.41, 5.74) is 0.999. The average molecular weight is 230 g/mol. The van der Waals surface area contributed by atoms with Crippen LogP contribution in [0.3, 0.4) is 0 Å². The van der Waals surface area contributed by atoms with E-state index in [4.69, 9.17) is 4.74 Å². The third-order valence-corrected chi connectivity index (χ3v) is 3.06. The number of benzene rings is 1. The number of hydrogen-bond acceptors (Lipinski definition) is 4. The lowest BCUT2D eigenvalue weighted by Gasteiger charge is -2.05. The van der Waals surface area contributed by atoms with Gasteiger partial charge in [0.2, 0.25) is 0 Å². The maximum atomic E-state index is 11.5. The highest BCUT2D eigenvalue weighted by Crippen LogP contribution is 2.12. The summed E-state index contributed by atoms with van der Waals surface area (Å²) >= 11 is 0. The van der Waals surface area contributed by atoms with Crippen LogP contribution in [0, 0.1) is 6.92 Å². The first-order valence-electron chi connectivity index (χ1n) is 4.60. The van der Waals surface area contributed by atoms with Gasteiger partial charge in [0.25, 0.3) is 10.1 Å². The van der Waals surface area contributed by atoms with Gasteiger partial charge >= 0.3 is 0 Å². The Labute approximate surface area is 90.0 Å². The number of hydrogen-bond donors (Lipinski definition) is 0. The first kappa shape index (κ1) is 12.2. The van der Waals surface area contributed by atoms with Crippen molar-refractivity contribution in [2.75, 3.05) is 13.4 Å². The topological polar surface area (TPSA) is 52.6 Å². The monoisotopic (exact) mass is 230 g/mol. The highest BCUT2D eigenvalue weighted by molar-refractivity contribution is 7.86. The fourth-order valence-corrected chi connectivity index (χ4v) is 1.75. The minimum atomic E-state index is -3.67. The molecule has 15 heavy (non-hydrogen) atoms. The molecule has 0 heterocycles. The molecule has 5 heteroatoms. The van der Waals surface area contributed by atoms with Gasteiger partial charge in [-0.1, -0.05) is 17.7 Å². The van der Waals surface area contributed by atoms with Crippen LogP contribution in [-0.2, 0) is 19.0 Å². The molecule has 0 aliphatic carbocycles. The molecule has 1 aromatic rings. The molecule has 1 aromatic carbocycles. The predicted octanol–water partition coefficient (Wildman–Crippen LogP) is 1.69. The fraction of sp³-hybridized carbons (Fsp3) is 0.400. The lowest BCUT2D eigenvalue weighted by Crippen LogP contribution is -2.09. The molecular formula is C10H14O4S. The minimum Gasteiger partial charge on any atom is -0.354 e. The van der Waals surface area contributed by atoms with Crippen molar-refractivity contribution in [2.24, 2.45) is 0 Å². The Kier molecular flexibility index (Phi) is 4.26. The van der Waals surface area contributed by atoms with Crippen LogP contribution in [0.5, 0.6) is 0 Å². The molecule has 4 nitrogen and oxygen atoms in total. The van der Waals surface area contributed by atoms with E-state index in [0.717, 1.165) is 5.56 Å². The zero-order valence-corrected chi connectivity index (χ0v) is 9.58. The Bertz CT molecular complexity index is 394. The van der Waals surface area contributed by atoms with E-state index >= 15 is 0 Å². The first-order valence-corrected chi connectivity index (χ1v) is 6.01. The van der Waals surface area contributed by atoms with Gasteiger partial charge in [0.05, 0.1) is 4.90 Å². The first-order chi connectivity index (χ1) is 7.06. The second-order valence-corrected chi connectivity index (χ2v) is 4.61. The van der Waals surface area contributed by atoms with Gasteiger partial charge in [-0.15, -0.1) is 0 Å². The zero-order valence-electron chi connectivity index (χ0n) is 8.76. The molecule has 0 aromatic heterocycles. The van der Waals surface area contributed by atoms with Crippen LogP contribution >= 0.6 is 0 Å². The Hall–Kier alpha value is -0.910.